The molecule has 2 rings (SSSR count). The number of amides is 1. The van der Waals surface area contributed by atoms with Gasteiger partial charge in [-0.15, -0.1) is 0 Å². The lowest BCUT2D eigenvalue weighted by molar-refractivity contribution is -0.162. The molecule has 2 aliphatic carbocycles. The van der Waals surface area contributed by atoms with Crippen molar-refractivity contribution < 1.29 is 14.4 Å². The van der Waals surface area contributed by atoms with Crippen LogP contribution in [0.4, 0.5) is 0 Å². The third-order valence-corrected chi connectivity index (χ3v) is 7.66. The summed E-state index contributed by atoms with van der Waals surface area (Å²) in [5.41, 5.74) is 5.06. The Kier molecular flexibility index (Phi) is 13.2. The van der Waals surface area contributed by atoms with Crippen LogP contribution >= 0.6 is 0 Å². The molecule has 0 radical (unpaired) electrons. The molecule has 5 nitrogen and oxygen atoms in total. The molecule has 2 fully saturated rings. The van der Waals surface area contributed by atoms with E-state index in [-0.39, 0.29) is 23.7 Å². The lowest BCUT2D eigenvalue weighted by Gasteiger charge is -2.28. The van der Waals surface area contributed by atoms with Crippen molar-refractivity contribution in [2.24, 2.45) is 23.7 Å². The van der Waals surface area contributed by atoms with Crippen molar-refractivity contribution in [2.75, 3.05) is 0 Å². The van der Waals surface area contributed by atoms with Gasteiger partial charge in [-0.2, -0.15) is 0 Å². The van der Waals surface area contributed by atoms with Crippen molar-refractivity contribution in [3.63, 3.8) is 0 Å². The first-order valence-corrected chi connectivity index (χ1v) is 13.4. The van der Waals surface area contributed by atoms with Gasteiger partial charge in [0, 0.05) is 5.92 Å². The van der Waals surface area contributed by atoms with Crippen LogP contribution < -0.4 is 11.0 Å². The van der Waals surface area contributed by atoms with E-state index in [9.17, 15) is 9.59 Å². The van der Waals surface area contributed by atoms with Crippen molar-refractivity contribution in [3.05, 3.63) is 0 Å². The second-order valence-electron chi connectivity index (χ2n) is 10.1. The maximum atomic E-state index is 12.4. The Morgan fingerprint density at radius 3 is 1.65 bits per heavy atom. The van der Waals surface area contributed by atoms with Crippen LogP contribution in [0, 0.1) is 23.7 Å². The largest absolute Gasteiger partial charge is 0.351 e. The summed E-state index contributed by atoms with van der Waals surface area (Å²) in [6.45, 7) is 4.49. The van der Waals surface area contributed by atoms with E-state index in [2.05, 4.69) is 24.9 Å². The molecule has 0 unspecified atom stereocenters. The Balaban J connectivity index is 1.52. The molecule has 0 atom stereocenters. The molecule has 0 aromatic rings. The van der Waals surface area contributed by atoms with Gasteiger partial charge in [-0.25, -0.2) is 4.79 Å². The predicted molar refractivity (Wildman–Crippen MR) is 126 cm³/mol. The number of hydrazine groups is 1. The minimum atomic E-state index is -0.222. The van der Waals surface area contributed by atoms with Gasteiger partial charge in [-0.1, -0.05) is 83.6 Å². The van der Waals surface area contributed by atoms with Gasteiger partial charge in [0.2, 0.25) is 5.91 Å². The number of carbonyl (C=O) groups excluding carboxylic acids is 2. The molecule has 1 amide bonds. The van der Waals surface area contributed by atoms with Crippen molar-refractivity contribution in [2.45, 2.75) is 129 Å². The van der Waals surface area contributed by atoms with Crippen LogP contribution in [0.2, 0.25) is 0 Å². The highest BCUT2D eigenvalue weighted by Gasteiger charge is 2.29. The zero-order chi connectivity index (χ0) is 22.3. The first kappa shape index (κ1) is 26.2. The van der Waals surface area contributed by atoms with Crippen LogP contribution in [0.5, 0.6) is 0 Å². The van der Waals surface area contributed by atoms with E-state index in [1.165, 1.54) is 64.2 Å². The molecule has 0 aliphatic heterocycles. The lowest BCUT2D eigenvalue weighted by atomic mass is 9.79. The van der Waals surface area contributed by atoms with Crippen LogP contribution in [-0.2, 0) is 14.4 Å². The number of unbranched alkanes of at least 4 members (excludes halogenated alkanes) is 6. The number of carbonyl (C=O) groups is 2. The molecule has 5 heteroatoms. The third kappa shape index (κ3) is 10.4. The lowest BCUT2D eigenvalue weighted by Crippen LogP contribution is -2.44. The maximum absolute atomic E-state index is 12.4. The highest BCUT2D eigenvalue weighted by atomic mass is 16.7. The first-order valence-electron chi connectivity index (χ1n) is 13.4. The molecule has 31 heavy (non-hydrogen) atoms. The van der Waals surface area contributed by atoms with Gasteiger partial charge in [0.05, 0.1) is 5.92 Å². The molecule has 2 saturated carbocycles. The van der Waals surface area contributed by atoms with Gasteiger partial charge in [0.15, 0.2) is 0 Å². The fourth-order valence-electron chi connectivity index (χ4n) is 5.43. The van der Waals surface area contributed by atoms with Crippen LogP contribution in [0.3, 0.4) is 0 Å². The number of nitrogens with one attached hydrogen (secondary N) is 2. The molecule has 0 saturated heterocycles. The van der Waals surface area contributed by atoms with Gasteiger partial charge in [0.25, 0.3) is 0 Å². The molecule has 0 heterocycles. The SMILES string of the molecule is CCCCCCC1CCC(C(=O)NNOC(=O)C2CCC(CCCCCC)CC2)CC1. The van der Waals surface area contributed by atoms with Crippen molar-refractivity contribution in [1.29, 1.82) is 0 Å². The summed E-state index contributed by atoms with van der Waals surface area (Å²) < 4.78 is 0. The van der Waals surface area contributed by atoms with E-state index in [0.29, 0.717) is 0 Å². The Hall–Kier alpha value is -1.10. The summed E-state index contributed by atoms with van der Waals surface area (Å²) in [6, 6.07) is 0. The van der Waals surface area contributed by atoms with Crippen LogP contribution in [0.15, 0.2) is 0 Å². The Morgan fingerprint density at radius 1 is 0.677 bits per heavy atom. The summed E-state index contributed by atoms with van der Waals surface area (Å²) in [6.07, 6.45) is 21.4. The van der Waals surface area contributed by atoms with Crippen molar-refractivity contribution in [3.8, 4) is 0 Å². The minimum absolute atomic E-state index is 0.0283. The maximum Gasteiger partial charge on any atom is 0.330 e. The van der Waals surface area contributed by atoms with E-state index in [1.807, 2.05) is 0 Å². The standard InChI is InChI=1S/C26H48N2O3/c1-3-5-7-9-11-21-13-17-23(18-14-21)25(29)27-28-31-26(30)24-19-15-22(16-20-24)12-10-8-6-4-2/h21-24,28H,3-20H2,1-2H3,(H,27,29). The summed E-state index contributed by atoms with van der Waals surface area (Å²) in [4.78, 5) is 29.9. The molecular weight excluding hydrogens is 388 g/mol. The Bertz CT molecular complexity index is 451. The predicted octanol–water partition coefficient (Wildman–Crippen LogP) is 6.62. The fourth-order valence-corrected chi connectivity index (χ4v) is 5.43. The molecule has 0 bridgehead atoms. The zero-order valence-electron chi connectivity index (χ0n) is 20.3. The van der Waals surface area contributed by atoms with E-state index >= 15 is 0 Å². The van der Waals surface area contributed by atoms with Crippen molar-refractivity contribution in [1.82, 2.24) is 11.0 Å². The highest BCUT2D eigenvalue weighted by Crippen LogP contribution is 2.33. The quantitative estimate of drug-likeness (QED) is 0.237. The Morgan fingerprint density at radius 2 is 1.16 bits per heavy atom. The second kappa shape index (κ2) is 15.7. The van der Waals surface area contributed by atoms with Gasteiger partial charge >= 0.3 is 5.97 Å². The highest BCUT2D eigenvalue weighted by molar-refractivity contribution is 5.78. The number of rotatable bonds is 14. The monoisotopic (exact) mass is 436 g/mol. The zero-order valence-corrected chi connectivity index (χ0v) is 20.3. The van der Waals surface area contributed by atoms with Crippen LogP contribution in [0.25, 0.3) is 0 Å². The topological polar surface area (TPSA) is 67.4 Å². The van der Waals surface area contributed by atoms with Crippen LogP contribution in [-0.4, -0.2) is 11.9 Å². The van der Waals surface area contributed by atoms with E-state index in [1.54, 1.807) is 0 Å². The molecule has 180 valence electrons. The Labute approximate surface area is 190 Å². The van der Waals surface area contributed by atoms with E-state index in [4.69, 9.17) is 4.84 Å². The first-order chi connectivity index (χ1) is 15.1. The molecule has 2 N–H and O–H groups in total. The van der Waals surface area contributed by atoms with Gasteiger partial charge in [0.1, 0.15) is 0 Å². The second-order valence-corrected chi connectivity index (χ2v) is 10.1. The minimum Gasteiger partial charge on any atom is -0.351 e. The molecule has 0 aromatic carbocycles. The van der Waals surface area contributed by atoms with E-state index in [0.717, 1.165) is 63.2 Å². The number of hydrogen-bond donors (Lipinski definition) is 2. The molecule has 0 spiro atoms. The summed E-state index contributed by atoms with van der Waals surface area (Å²) in [5, 5.41) is 0. The average Bonchev–Trinajstić information content (AvgIpc) is 2.80. The molecule has 2 aliphatic rings. The normalized spacial score (nSPS) is 26.4. The molecular formula is C26H48N2O3. The summed E-state index contributed by atoms with van der Waals surface area (Å²) in [7, 11) is 0. The van der Waals surface area contributed by atoms with Crippen LogP contribution in [0.1, 0.15) is 129 Å². The van der Waals surface area contributed by atoms with Gasteiger partial charge in [-0.3, -0.25) is 10.2 Å². The van der Waals surface area contributed by atoms with E-state index < -0.39 is 0 Å². The summed E-state index contributed by atoms with van der Waals surface area (Å²) >= 11 is 0. The summed E-state index contributed by atoms with van der Waals surface area (Å²) in [5.74, 6) is 1.32. The number of hydrogen-bond acceptors (Lipinski definition) is 4. The third-order valence-electron chi connectivity index (χ3n) is 7.66. The smallest absolute Gasteiger partial charge is 0.330 e. The fraction of sp³-hybridized carbons (Fsp3) is 0.923. The molecule has 0 aromatic heterocycles. The van der Waals surface area contributed by atoms with Gasteiger partial charge < -0.3 is 4.84 Å². The van der Waals surface area contributed by atoms with Gasteiger partial charge in [-0.05, 0) is 63.2 Å². The van der Waals surface area contributed by atoms with Crippen molar-refractivity contribution >= 4 is 11.9 Å². The average molecular weight is 437 g/mol.